The first kappa shape index (κ1) is 14.1. The molecule has 1 amide bonds. The van der Waals surface area contributed by atoms with Crippen LogP contribution in [-0.4, -0.2) is 36.7 Å². The molecule has 0 bridgehead atoms. The van der Waals surface area contributed by atoms with E-state index in [1.807, 2.05) is 0 Å². The molecule has 0 aliphatic carbocycles. The van der Waals surface area contributed by atoms with Gasteiger partial charge in [0, 0.05) is 12.7 Å². The third-order valence-corrected chi connectivity index (χ3v) is 2.45. The molecule has 0 heterocycles. The van der Waals surface area contributed by atoms with Crippen LogP contribution >= 0.6 is 0 Å². The highest BCUT2D eigenvalue weighted by atomic mass is 19.1. The first-order valence-electron chi connectivity index (χ1n) is 5.25. The molecule has 0 aromatic heterocycles. The number of methoxy groups -OCH3 is 1. The first-order chi connectivity index (χ1) is 8.47. The van der Waals surface area contributed by atoms with E-state index < -0.39 is 23.7 Å². The number of carboxylic acids is 1. The number of ether oxygens (including phenoxy) is 1. The highest BCUT2D eigenvalue weighted by molar-refractivity contribution is 5.97. The summed E-state index contributed by atoms with van der Waals surface area (Å²) in [5.41, 5.74) is 0.286. The van der Waals surface area contributed by atoms with E-state index in [9.17, 15) is 14.0 Å². The summed E-state index contributed by atoms with van der Waals surface area (Å²) in [6, 6.07) is 2.89. The van der Waals surface area contributed by atoms with Crippen LogP contribution in [0.5, 0.6) is 0 Å². The van der Waals surface area contributed by atoms with Crippen LogP contribution < -0.4 is 5.32 Å². The molecule has 1 aromatic rings. The zero-order valence-corrected chi connectivity index (χ0v) is 10.1. The highest BCUT2D eigenvalue weighted by Crippen LogP contribution is 2.12. The number of aliphatic carboxylic acids is 1. The fourth-order valence-electron chi connectivity index (χ4n) is 1.43. The number of nitrogens with one attached hydrogen (secondary N) is 1. The van der Waals surface area contributed by atoms with E-state index in [1.165, 1.54) is 32.2 Å². The lowest BCUT2D eigenvalue weighted by Crippen LogP contribution is -2.44. The summed E-state index contributed by atoms with van der Waals surface area (Å²) < 4.78 is 17.9. The third kappa shape index (κ3) is 3.27. The van der Waals surface area contributed by atoms with Crippen LogP contribution in [0.25, 0.3) is 0 Å². The van der Waals surface area contributed by atoms with Gasteiger partial charge in [-0.2, -0.15) is 0 Å². The molecule has 18 heavy (non-hydrogen) atoms. The number of carbonyl (C=O) groups excluding carboxylic acids is 1. The van der Waals surface area contributed by atoms with E-state index in [0.717, 1.165) is 0 Å². The predicted octanol–water partition coefficient (Wildman–Crippen LogP) is 0.964. The van der Waals surface area contributed by atoms with Crippen LogP contribution in [0, 0.1) is 12.7 Å². The molecule has 0 aliphatic rings. The summed E-state index contributed by atoms with van der Waals surface area (Å²) in [5.74, 6) is -2.36. The van der Waals surface area contributed by atoms with Crippen LogP contribution in [0.2, 0.25) is 0 Å². The fraction of sp³-hybridized carbons (Fsp3) is 0.333. The van der Waals surface area contributed by atoms with Gasteiger partial charge in [0.1, 0.15) is 5.82 Å². The zero-order valence-electron chi connectivity index (χ0n) is 10.1. The van der Waals surface area contributed by atoms with Gasteiger partial charge in [-0.15, -0.1) is 0 Å². The maximum atomic E-state index is 13.3. The van der Waals surface area contributed by atoms with Crippen LogP contribution in [0.15, 0.2) is 18.2 Å². The average molecular weight is 255 g/mol. The number of halogens is 1. The van der Waals surface area contributed by atoms with Gasteiger partial charge in [-0.25, -0.2) is 9.18 Å². The van der Waals surface area contributed by atoms with Crippen molar-refractivity contribution in [1.82, 2.24) is 5.32 Å². The number of carboxylic acid groups (broad SMARTS) is 1. The molecular formula is C12H14FNO4. The smallest absolute Gasteiger partial charge is 0.328 e. The van der Waals surface area contributed by atoms with E-state index in [4.69, 9.17) is 5.11 Å². The lowest BCUT2D eigenvalue weighted by atomic mass is 10.1. The molecule has 0 radical (unpaired) electrons. The molecule has 0 fully saturated rings. The van der Waals surface area contributed by atoms with Crippen molar-refractivity contribution < 1.29 is 23.8 Å². The fourth-order valence-corrected chi connectivity index (χ4v) is 1.43. The van der Waals surface area contributed by atoms with Crippen molar-refractivity contribution in [3.05, 3.63) is 35.1 Å². The van der Waals surface area contributed by atoms with Crippen molar-refractivity contribution >= 4 is 11.9 Å². The molecule has 0 aliphatic heterocycles. The third-order valence-electron chi connectivity index (χ3n) is 2.45. The Morgan fingerprint density at radius 1 is 1.50 bits per heavy atom. The second kappa shape index (κ2) is 6.11. The van der Waals surface area contributed by atoms with Gasteiger partial charge >= 0.3 is 5.97 Å². The summed E-state index contributed by atoms with van der Waals surface area (Å²) in [7, 11) is 1.33. The van der Waals surface area contributed by atoms with Gasteiger partial charge < -0.3 is 15.2 Å². The Hall–Kier alpha value is -1.95. The second-order valence-electron chi connectivity index (χ2n) is 3.73. The van der Waals surface area contributed by atoms with Gasteiger partial charge in [-0.05, 0) is 24.6 Å². The topological polar surface area (TPSA) is 75.6 Å². The van der Waals surface area contributed by atoms with Gasteiger partial charge in [-0.3, -0.25) is 4.79 Å². The molecule has 1 aromatic carbocycles. The van der Waals surface area contributed by atoms with Gasteiger partial charge in [0.2, 0.25) is 0 Å². The molecule has 1 atom stereocenters. The van der Waals surface area contributed by atoms with Crippen molar-refractivity contribution in [2.75, 3.05) is 13.7 Å². The van der Waals surface area contributed by atoms with Gasteiger partial charge in [0.15, 0.2) is 6.04 Å². The van der Waals surface area contributed by atoms with E-state index >= 15 is 0 Å². The molecule has 0 saturated heterocycles. The molecule has 0 spiro atoms. The Morgan fingerprint density at radius 3 is 2.72 bits per heavy atom. The Morgan fingerprint density at radius 2 is 2.17 bits per heavy atom. The molecule has 6 heteroatoms. The Bertz CT molecular complexity index is 461. The van der Waals surface area contributed by atoms with Crippen LogP contribution in [0.3, 0.4) is 0 Å². The van der Waals surface area contributed by atoms with Gasteiger partial charge in [0.05, 0.1) is 6.61 Å². The molecule has 1 unspecified atom stereocenters. The Balaban J connectivity index is 2.87. The molecule has 1 rings (SSSR count). The van der Waals surface area contributed by atoms with Crippen LogP contribution in [0.1, 0.15) is 15.9 Å². The number of rotatable bonds is 5. The molecule has 98 valence electrons. The van der Waals surface area contributed by atoms with Crippen molar-refractivity contribution in [2.24, 2.45) is 0 Å². The summed E-state index contributed by atoms with van der Waals surface area (Å²) >= 11 is 0. The maximum Gasteiger partial charge on any atom is 0.328 e. The lowest BCUT2D eigenvalue weighted by Gasteiger charge is -2.14. The number of carbonyl (C=O) groups is 2. The molecular weight excluding hydrogens is 241 g/mol. The van der Waals surface area contributed by atoms with Crippen molar-refractivity contribution in [3.8, 4) is 0 Å². The lowest BCUT2D eigenvalue weighted by molar-refractivity contribution is -0.140. The Labute approximate surface area is 104 Å². The number of hydrogen-bond acceptors (Lipinski definition) is 3. The minimum atomic E-state index is -1.21. The van der Waals surface area contributed by atoms with Crippen molar-refractivity contribution in [3.63, 3.8) is 0 Å². The van der Waals surface area contributed by atoms with Gasteiger partial charge in [0.25, 0.3) is 5.91 Å². The summed E-state index contributed by atoms with van der Waals surface area (Å²) in [5, 5.41) is 11.1. The number of amides is 1. The largest absolute Gasteiger partial charge is 0.480 e. The van der Waals surface area contributed by atoms with Gasteiger partial charge in [-0.1, -0.05) is 6.07 Å². The average Bonchev–Trinajstić information content (AvgIpc) is 2.31. The monoisotopic (exact) mass is 255 g/mol. The normalized spacial score (nSPS) is 11.9. The summed E-state index contributed by atoms with van der Waals surface area (Å²) in [6.45, 7) is 1.30. The summed E-state index contributed by atoms with van der Waals surface area (Å²) in [6.07, 6.45) is 0. The quantitative estimate of drug-likeness (QED) is 0.821. The Kier molecular flexibility index (Phi) is 4.79. The van der Waals surface area contributed by atoms with E-state index in [0.29, 0.717) is 0 Å². The zero-order chi connectivity index (χ0) is 13.7. The van der Waals surface area contributed by atoms with E-state index in [-0.39, 0.29) is 17.7 Å². The molecule has 5 nitrogen and oxygen atoms in total. The second-order valence-corrected chi connectivity index (χ2v) is 3.73. The molecule has 2 N–H and O–H groups in total. The molecule has 0 saturated carbocycles. The number of benzene rings is 1. The van der Waals surface area contributed by atoms with Crippen molar-refractivity contribution in [1.29, 1.82) is 0 Å². The highest BCUT2D eigenvalue weighted by Gasteiger charge is 2.21. The number of hydrogen-bond donors (Lipinski definition) is 2. The van der Waals surface area contributed by atoms with Crippen LogP contribution in [0.4, 0.5) is 4.39 Å². The standard InChI is InChI=1S/C12H14FNO4/c1-7-8(4-3-5-9(7)13)11(15)14-10(6-18-2)12(16)17/h3-5,10H,6H2,1-2H3,(H,14,15)(H,16,17). The van der Waals surface area contributed by atoms with Crippen LogP contribution in [-0.2, 0) is 9.53 Å². The minimum absolute atomic E-state index is 0.109. The van der Waals surface area contributed by atoms with Crippen molar-refractivity contribution in [2.45, 2.75) is 13.0 Å². The van der Waals surface area contributed by atoms with E-state index in [2.05, 4.69) is 10.1 Å². The summed E-state index contributed by atoms with van der Waals surface area (Å²) in [4.78, 5) is 22.7. The minimum Gasteiger partial charge on any atom is -0.480 e. The van der Waals surface area contributed by atoms with E-state index in [1.54, 1.807) is 0 Å². The first-order valence-corrected chi connectivity index (χ1v) is 5.25. The maximum absolute atomic E-state index is 13.3. The SMILES string of the molecule is COCC(NC(=O)c1cccc(F)c1C)C(=O)O. The predicted molar refractivity (Wildman–Crippen MR) is 61.9 cm³/mol.